The Hall–Kier alpha value is -1.85. The normalized spacial score (nSPS) is 11.3. The summed E-state index contributed by atoms with van der Waals surface area (Å²) in [6.45, 7) is 1.88. The Balaban J connectivity index is 2.82. The van der Waals surface area contributed by atoms with Gasteiger partial charge < -0.3 is 14.9 Å². The van der Waals surface area contributed by atoms with Crippen LogP contribution in [0.5, 0.6) is 0 Å². The number of hydrogen-bond acceptors (Lipinski definition) is 5. The Morgan fingerprint density at radius 2 is 2.62 bits per heavy atom. The SMILES string of the molecule is CCOC(=O)/C(=N\O)c1ncc[nH]1. The second kappa shape index (κ2) is 4.24. The van der Waals surface area contributed by atoms with Gasteiger partial charge in [-0.2, -0.15) is 0 Å². The highest BCUT2D eigenvalue weighted by molar-refractivity contribution is 6.42. The molecule has 6 heteroatoms. The Kier molecular flexibility index (Phi) is 3.02. The molecular weight excluding hydrogens is 174 g/mol. The molecular formula is C7H9N3O3. The van der Waals surface area contributed by atoms with Crippen LogP contribution >= 0.6 is 0 Å². The van der Waals surface area contributed by atoms with Crippen molar-refractivity contribution in [2.45, 2.75) is 6.92 Å². The molecule has 1 rings (SSSR count). The number of rotatable bonds is 3. The lowest BCUT2D eigenvalue weighted by molar-refractivity contribution is -0.135. The van der Waals surface area contributed by atoms with Crippen LogP contribution in [-0.4, -0.2) is 33.5 Å². The molecule has 0 aliphatic carbocycles. The maximum atomic E-state index is 11.1. The quantitative estimate of drug-likeness (QED) is 0.302. The Bertz CT molecular complexity index is 305. The molecule has 2 N–H and O–H groups in total. The number of H-pyrrole nitrogens is 1. The molecule has 6 nitrogen and oxygen atoms in total. The molecule has 1 aromatic heterocycles. The van der Waals surface area contributed by atoms with Crippen LogP contribution in [0.3, 0.4) is 0 Å². The predicted octanol–water partition coefficient (Wildman–Crippen LogP) is 0.151. The number of esters is 1. The molecule has 0 spiro atoms. The minimum absolute atomic E-state index is 0.181. The number of nitrogens with zero attached hydrogens (tertiary/aromatic N) is 2. The van der Waals surface area contributed by atoms with Crippen molar-refractivity contribution in [1.29, 1.82) is 0 Å². The molecule has 0 aliphatic rings. The Morgan fingerprint density at radius 3 is 3.08 bits per heavy atom. The van der Waals surface area contributed by atoms with Gasteiger partial charge in [-0.25, -0.2) is 9.78 Å². The molecule has 1 aromatic rings. The van der Waals surface area contributed by atoms with Crippen molar-refractivity contribution in [1.82, 2.24) is 9.97 Å². The topological polar surface area (TPSA) is 87.6 Å². The number of carbonyl (C=O) groups excluding carboxylic acids is 1. The maximum Gasteiger partial charge on any atom is 0.364 e. The number of nitrogens with one attached hydrogen (secondary N) is 1. The van der Waals surface area contributed by atoms with E-state index in [1.54, 1.807) is 6.92 Å². The molecule has 13 heavy (non-hydrogen) atoms. The largest absolute Gasteiger partial charge is 0.461 e. The molecule has 0 aromatic carbocycles. The first-order valence-electron chi connectivity index (χ1n) is 3.68. The van der Waals surface area contributed by atoms with Crippen molar-refractivity contribution in [3.8, 4) is 0 Å². The molecule has 70 valence electrons. The highest BCUT2D eigenvalue weighted by Gasteiger charge is 2.17. The standard InChI is InChI=1S/C7H9N3O3/c1-2-13-7(11)5(10-12)6-8-3-4-9-6/h3-4,12H,2H2,1H3,(H,8,9)/b10-5-. The summed E-state index contributed by atoms with van der Waals surface area (Å²) in [6, 6.07) is 0. The van der Waals surface area contributed by atoms with Gasteiger partial charge in [-0.1, -0.05) is 5.16 Å². The van der Waals surface area contributed by atoms with Gasteiger partial charge >= 0.3 is 5.97 Å². The number of ether oxygens (including phenoxy) is 1. The Morgan fingerprint density at radius 1 is 1.85 bits per heavy atom. The number of carbonyl (C=O) groups is 1. The van der Waals surface area contributed by atoms with Crippen LogP contribution in [0.25, 0.3) is 0 Å². The van der Waals surface area contributed by atoms with Crippen LogP contribution < -0.4 is 0 Å². The monoisotopic (exact) mass is 183 g/mol. The summed E-state index contributed by atoms with van der Waals surface area (Å²) < 4.78 is 4.63. The lowest BCUT2D eigenvalue weighted by Crippen LogP contribution is -2.20. The molecule has 1 heterocycles. The third kappa shape index (κ3) is 2.05. The molecule has 0 aliphatic heterocycles. The van der Waals surface area contributed by atoms with E-state index < -0.39 is 5.97 Å². The molecule has 0 atom stereocenters. The van der Waals surface area contributed by atoms with E-state index in [0.29, 0.717) is 0 Å². The minimum atomic E-state index is -0.708. The number of oxime groups is 1. The van der Waals surface area contributed by atoms with Crippen LogP contribution in [0, 0.1) is 0 Å². The van der Waals surface area contributed by atoms with E-state index >= 15 is 0 Å². The van der Waals surface area contributed by atoms with Crippen molar-refractivity contribution < 1.29 is 14.7 Å². The van der Waals surface area contributed by atoms with Crippen LogP contribution in [0.4, 0.5) is 0 Å². The molecule has 0 bridgehead atoms. The molecule has 0 saturated heterocycles. The van der Waals surface area contributed by atoms with E-state index in [9.17, 15) is 4.79 Å². The van der Waals surface area contributed by atoms with Crippen molar-refractivity contribution in [2.24, 2.45) is 5.16 Å². The van der Waals surface area contributed by atoms with E-state index in [-0.39, 0.29) is 18.1 Å². The number of hydrogen-bond donors (Lipinski definition) is 2. The lowest BCUT2D eigenvalue weighted by atomic mass is 10.3. The summed E-state index contributed by atoms with van der Waals surface area (Å²) in [5, 5.41) is 11.3. The van der Waals surface area contributed by atoms with Gasteiger partial charge in [0.2, 0.25) is 5.71 Å². The fourth-order valence-electron chi connectivity index (χ4n) is 0.779. The average Bonchev–Trinajstić information content (AvgIpc) is 2.59. The van der Waals surface area contributed by atoms with Gasteiger partial charge in [0.05, 0.1) is 6.61 Å². The summed E-state index contributed by atoms with van der Waals surface area (Å²) in [6.07, 6.45) is 2.96. The number of aromatic nitrogens is 2. The van der Waals surface area contributed by atoms with Crippen LogP contribution in [0.2, 0.25) is 0 Å². The van der Waals surface area contributed by atoms with E-state index in [2.05, 4.69) is 19.9 Å². The van der Waals surface area contributed by atoms with Gasteiger partial charge in [0, 0.05) is 12.4 Å². The smallest absolute Gasteiger partial charge is 0.364 e. The van der Waals surface area contributed by atoms with Gasteiger partial charge in [-0.3, -0.25) is 0 Å². The lowest BCUT2D eigenvalue weighted by Gasteiger charge is -1.99. The first-order valence-corrected chi connectivity index (χ1v) is 3.68. The highest BCUT2D eigenvalue weighted by atomic mass is 16.5. The average molecular weight is 183 g/mol. The van der Waals surface area contributed by atoms with E-state index in [4.69, 9.17) is 5.21 Å². The van der Waals surface area contributed by atoms with Gasteiger partial charge in [0.15, 0.2) is 5.82 Å². The zero-order chi connectivity index (χ0) is 9.68. The summed E-state index contributed by atoms with van der Waals surface area (Å²) in [5.74, 6) is -0.527. The summed E-state index contributed by atoms with van der Waals surface area (Å²) in [4.78, 5) is 17.5. The third-order valence-corrected chi connectivity index (χ3v) is 1.29. The van der Waals surface area contributed by atoms with Crippen molar-refractivity contribution in [3.05, 3.63) is 18.2 Å². The fraction of sp³-hybridized carbons (Fsp3) is 0.286. The summed E-state index contributed by atoms with van der Waals surface area (Å²) >= 11 is 0. The van der Waals surface area contributed by atoms with E-state index in [1.807, 2.05) is 0 Å². The highest BCUT2D eigenvalue weighted by Crippen LogP contribution is 1.95. The first-order chi connectivity index (χ1) is 6.29. The van der Waals surface area contributed by atoms with Gasteiger partial charge in [-0.05, 0) is 6.92 Å². The predicted molar refractivity (Wildman–Crippen MR) is 43.5 cm³/mol. The molecule has 0 unspecified atom stereocenters. The third-order valence-electron chi connectivity index (χ3n) is 1.29. The molecule has 0 amide bonds. The van der Waals surface area contributed by atoms with Crippen molar-refractivity contribution in [2.75, 3.05) is 6.61 Å². The molecule has 0 saturated carbocycles. The molecule has 0 radical (unpaired) electrons. The van der Waals surface area contributed by atoms with Crippen molar-refractivity contribution in [3.63, 3.8) is 0 Å². The summed E-state index contributed by atoms with van der Waals surface area (Å²) in [5.41, 5.74) is -0.230. The first kappa shape index (κ1) is 9.24. The van der Waals surface area contributed by atoms with Crippen LogP contribution in [0.1, 0.15) is 12.7 Å². The van der Waals surface area contributed by atoms with Crippen LogP contribution in [0.15, 0.2) is 17.5 Å². The van der Waals surface area contributed by atoms with Crippen molar-refractivity contribution >= 4 is 11.7 Å². The summed E-state index contributed by atoms with van der Waals surface area (Å²) in [7, 11) is 0. The Labute approximate surface area is 74.2 Å². The second-order valence-corrected chi connectivity index (χ2v) is 2.11. The minimum Gasteiger partial charge on any atom is -0.461 e. The van der Waals surface area contributed by atoms with E-state index in [1.165, 1.54) is 12.4 Å². The van der Waals surface area contributed by atoms with Gasteiger partial charge in [-0.15, -0.1) is 0 Å². The zero-order valence-electron chi connectivity index (χ0n) is 7.02. The molecule has 0 fully saturated rings. The maximum absolute atomic E-state index is 11.1. The van der Waals surface area contributed by atoms with Crippen LogP contribution in [-0.2, 0) is 9.53 Å². The zero-order valence-corrected chi connectivity index (χ0v) is 7.02. The second-order valence-electron chi connectivity index (χ2n) is 2.11. The van der Waals surface area contributed by atoms with Gasteiger partial charge in [0.1, 0.15) is 0 Å². The van der Waals surface area contributed by atoms with Gasteiger partial charge in [0.25, 0.3) is 0 Å². The number of aromatic amines is 1. The number of imidazole rings is 1. The van der Waals surface area contributed by atoms with E-state index in [0.717, 1.165) is 0 Å². The fourth-order valence-corrected chi connectivity index (χ4v) is 0.779.